The van der Waals surface area contributed by atoms with Crippen LogP contribution in [0.1, 0.15) is 88.7 Å². The molecule has 0 aromatic heterocycles. The molecule has 0 spiro atoms. The quantitative estimate of drug-likeness (QED) is 0.141. The van der Waals surface area contributed by atoms with Crippen LogP contribution in [0.5, 0.6) is 0 Å². The van der Waals surface area contributed by atoms with E-state index in [1.165, 1.54) is 0 Å². The fraction of sp³-hybridized carbons (Fsp3) is 0.412. The zero-order valence-corrected chi connectivity index (χ0v) is 22.5. The van der Waals surface area contributed by atoms with Crippen molar-refractivity contribution in [1.29, 1.82) is 0 Å². The number of rotatable bonds is 10. The van der Waals surface area contributed by atoms with Crippen molar-refractivity contribution in [3.63, 3.8) is 0 Å². The maximum Gasteiger partial charge on any atom is 0.166 e. The van der Waals surface area contributed by atoms with E-state index in [0.29, 0.717) is 34.6 Å². The van der Waals surface area contributed by atoms with Crippen LogP contribution < -0.4 is 0 Å². The summed E-state index contributed by atoms with van der Waals surface area (Å²) in [6.45, 7) is 4.10. The van der Waals surface area contributed by atoms with Crippen molar-refractivity contribution in [3.8, 4) is 22.3 Å². The predicted octanol–water partition coefficient (Wildman–Crippen LogP) is 10.9. The van der Waals surface area contributed by atoms with E-state index < -0.39 is 23.3 Å². The lowest BCUT2D eigenvalue weighted by Gasteiger charge is -2.29. The standard InChI is InChI=1S/C34H38F4/c1-3-5-7-9-23-11-13-24(14-12-23)29-21-22-30(34(38)33(29)37)26-17-15-25(16-18-26)28-20-19-27(10-8-6-4-2)31(35)32(28)36/h3,5,15-24H,4,6-14H2,1-2H3/b5-3+. The lowest BCUT2D eigenvalue weighted by atomic mass is 9.77. The number of allylic oxidation sites excluding steroid dienone is 2. The molecule has 0 bridgehead atoms. The van der Waals surface area contributed by atoms with Crippen LogP contribution in [0.2, 0.25) is 0 Å². The van der Waals surface area contributed by atoms with Crippen molar-refractivity contribution >= 4 is 0 Å². The maximum absolute atomic E-state index is 15.2. The van der Waals surface area contributed by atoms with E-state index in [9.17, 15) is 8.78 Å². The first-order valence-electron chi connectivity index (χ1n) is 14.1. The Labute approximate surface area is 224 Å². The van der Waals surface area contributed by atoms with E-state index in [0.717, 1.165) is 57.8 Å². The van der Waals surface area contributed by atoms with E-state index in [4.69, 9.17) is 0 Å². The van der Waals surface area contributed by atoms with E-state index in [1.54, 1.807) is 48.5 Å². The highest BCUT2D eigenvalue weighted by Crippen LogP contribution is 2.40. The average molecular weight is 523 g/mol. The third-order valence-electron chi connectivity index (χ3n) is 8.09. The molecule has 1 saturated carbocycles. The topological polar surface area (TPSA) is 0 Å². The van der Waals surface area contributed by atoms with E-state index >= 15 is 8.78 Å². The molecular formula is C34H38F4. The molecule has 38 heavy (non-hydrogen) atoms. The van der Waals surface area contributed by atoms with Crippen LogP contribution in [0.15, 0.2) is 60.7 Å². The Morgan fingerprint density at radius 3 is 1.92 bits per heavy atom. The largest absolute Gasteiger partial charge is 0.203 e. The molecule has 3 aromatic rings. The molecule has 1 aliphatic carbocycles. The number of halogens is 4. The molecule has 0 N–H and O–H groups in total. The lowest BCUT2D eigenvalue weighted by molar-refractivity contribution is 0.306. The minimum atomic E-state index is -0.870. The number of hydrogen-bond acceptors (Lipinski definition) is 0. The van der Waals surface area contributed by atoms with Gasteiger partial charge in [0.05, 0.1) is 0 Å². The van der Waals surface area contributed by atoms with Gasteiger partial charge < -0.3 is 0 Å². The zero-order valence-electron chi connectivity index (χ0n) is 22.5. The monoisotopic (exact) mass is 522 g/mol. The summed E-state index contributed by atoms with van der Waals surface area (Å²) in [7, 11) is 0. The highest BCUT2D eigenvalue weighted by molar-refractivity contribution is 5.71. The number of benzene rings is 3. The molecule has 1 fully saturated rings. The van der Waals surface area contributed by atoms with Gasteiger partial charge in [-0.2, -0.15) is 0 Å². The summed E-state index contributed by atoms with van der Waals surface area (Å²) < 4.78 is 59.9. The van der Waals surface area contributed by atoms with Gasteiger partial charge in [0.2, 0.25) is 0 Å². The fourth-order valence-electron chi connectivity index (χ4n) is 5.76. The van der Waals surface area contributed by atoms with Gasteiger partial charge in [0.1, 0.15) is 0 Å². The van der Waals surface area contributed by atoms with Gasteiger partial charge in [0, 0.05) is 11.1 Å². The first-order valence-corrected chi connectivity index (χ1v) is 14.1. The molecule has 4 heteroatoms. The molecule has 0 nitrogen and oxygen atoms in total. The van der Waals surface area contributed by atoms with E-state index in [-0.39, 0.29) is 17.0 Å². The smallest absolute Gasteiger partial charge is 0.166 e. The predicted molar refractivity (Wildman–Crippen MR) is 149 cm³/mol. The molecule has 0 saturated heterocycles. The Kier molecular flexibility index (Phi) is 9.82. The minimum absolute atomic E-state index is 0.0432. The van der Waals surface area contributed by atoms with Crippen molar-refractivity contribution < 1.29 is 17.6 Å². The summed E-state index contributed by atoms with van der Waals surface area (Å²) in [5.74, 6) is -2.59. The molecule has 4 rings (SSSR count). The molecule has 3 aromatic carbocycles. The van der Waals surface area contributed by atoms with Crippen LogP contribution in [0, 0.1) is 29.2 Å². The maximum atomic E-state index is 15.2. The Morgan fingerprint density at radius 2 is 1.32 bits per heavy atom. The fourth-order valence-corrected chi connectivity index (χ4v) is 5.76. The molecule has 1 aliphatic rings. The number of aryl methyl sites for hydroxylation is 1. The van der Waals surface area contributed by atoms with E-state index in [1.807, 2.05) is 6.92 Å². The van der Waals surface area contributed by atoms with Crippen LogP contribution in [0.4, 0.5) is 17.6 Å². The summed E-state index contributed by atoms with van der Waals surface area (Å²) in [4.78, 5) is 0. The molecule has 0 amide bonds. The third-order valence-corrected chi connectivity index (χ3v) is 8.09. The van der Waals surface area contributed by atoms with Gasteiger partial charge in [-0.1, -0.05) is 80.4 Å². The van der Waals surface area contributed by atoms with Crippen LogP contribution >= 0.6 is 0 Å². The summed E-state index contributed by atoms with van der Waals surface area (Å²) in [6.07, 6.45) is 13.7. The van der Waals surface area contributed by atoms with Crippen LogP contribution in [0.3, 0.4) is 0 Å². The van der Waals surface area contributed by atoms with Gasteiger partial charge in [-0.3, -0.25) is 0 Å². The second kappa shape index (κ2) is 13.3. The van der Waals surface area contributed by atoms with Crippen molar-refractivity contribution in [2.75, 3.05) is 0 Å². The molecule has 0 atom stereocenters. The summed E-state index contributed by atoms with van der Waals surface area (Å²) in [6, 6.07) is 13.1. The molecule has 0 radical (unpaired) electrons. The molecule has 202 valence electrons. The highest BCUT2D eigenvalue weighted by Gasteiger charge is 2.26. The first-order chi connectivity index (χ1) is 18.4. The Hall–Kier alpha value is -2.88. The van der Waals surface area contributed by atoms with Gasteiger partial charge >= 0.3 is 0 Å². The first kappa shape index (κ1) is 28.1. The Morgan fingerprint density at radius 1 is 0.711 bits per heavy atom. The van der Waals surface area contributed by atoms with Gasteiger partial charge in [-0.05, 0) is 92.4 Å². The molecule has 0 aliphatic heterocycles. The molecular weight excluding hydrogens is 484 g/mol. The van der Waals surface area contributed by atoms with E-state index in [2.05, 4.69) is 19.1 Å². The van der Waals surface area contributed by atoms with Crippen LogP contribution in [-0.2, 0) is 6.42 Å². The average Bonchev–Trinajstić information content (AvgIpc) is 2.94. The van der Waals surface area contributed by atoms with Crippen molar-refractivity contribution in [2.24, 2.45) is 5.92 Å². The second-order valence-electron chi connectivity index (χ2n) is 10.6. The van der Waals surface area contributed by atoms with Gasteiger partial charge in [0.15, 0.2) is 23.3 Å². The van der Waals surface area contributed by atoms with Gasteiger partial charge in [0.25, 0.3) is 0 Å². The number of unbranched alkanes of at least 4 members (excludes halogenated alkanes) is 2. The van der Waals surface area contributed by atoms with Gasteiger partial charge in [-0.15, -0.1) is 0 Å². The van der Waals surface area contributed by atoms with Crippen molar-refractivity contribution in [2.45, 2.75) is 84.0 Å². The zero-order chi connectivity index (χ0) is 27.1. The normalized spacial score (nSPS) is 17.8. The Balaban J connectivity index is 1.48. The van der Waals surface area contributed by atoms with Crippen molar-refractivity contribution in [1.82, 2.24) is 0 Å². The lowest BCUT2D eigenvalue weighted by Crippen LogP contribution is -2.15. The second-order valence-corrected chi connectivity index (χ2v) is 10.6. The van der Waals surface area contributed by atoms with Crippen LogP contribution in [-0.4, -0.2) is 0 Å². The van der Waals surface area contributed by atoms with Gasteiger partial charge in [-0.25, -0.2) is 17.6 Å². The third kappa shape index (κ3) is 6.39. The summed E-state index contributed by atoms with van der Waals surface area (Å²) >= 11 is 0. The SMILES string of the molecule is C/C=C/CCC1CCC(c2ccc(-c3ccc(-c4ccc(CCCCC)c(F)c4F)cc3)c(F)c2F)CC1. The molecule has 0 heterocycles. The van der Waals surface area contributed by atoms with Crippen molar-refractivity contribution in [3.05, 3.63) is 95.1 Å². The number of hydrogen-bond donors (Lipinski definition) is 0. The highest BCUT2D eigenvalue weighted by atomic mass is 19.2. The minimum Gasteiger partial charge on any atom is -0.203 e. The Bertz CT molecular complexity index is 1230. The molecule has 0 unspecified atom stereocenters. The summed E-state index contributed by atoms with van der Waals surface area (Å²) in [5, 5.41) is 0. The summed E-state index contributed by atoms with van der Waals surface area (Å²) in [5.41, 5.74) is 2.19. The van der Waals surface area contributed by atoms with Crippen LogP contribution in [0.25, 0.3) is 22.3 Å².